The lowest BCUT2D eigenvalue weighted by Crippen LogP contribution is -2.57. The van der Waals surface area contributed by atoms with E-state index in [0.717, 1.165) is 0 Å². The Labute approximate surface area is 118 Å². The van der Waals surface area contributed by atoms with Gasteiger partial charge in [-0.1, -0.05) is 0 Å². The van der Waals surface area contributed by atoms with Gasteiger partial charge in [0.05, 0.1) is 0 Å². The lowest BCUT2D eigenvalue weighted by atomic mass is 10.0. The van der Waals surface area contributed by atoms with Crippen molar-refractivity contribution >= 4 is 17.9 Å². The van der Waals surface area contributed by atoms with Gasteiger partial charge in [-0.25, -0.2) is 9.59 Å². The quantitative estimate of drug-likeness (QED) is 0.790. The number of piperidine rings is 1. The summed E-state index contributed by atoms with van der Waals surface area (Å²) >= 11 is 0. The zero-order valence-corrected chi connectivity index (χ0v) is 12.5. The molecule has 2 N–H and O–H groups in total. The van der Waals surface area contributed by atoms with E-state index in [-0.39, 0.29) is 18.0 Å². The van der Waals surface area contributed by atoms with Gasteiger partial charge in [0.15, 0.2) is 0 Å². The van der Waals surface area contributed by atoms with Gasteiger partial charge in [0.25, 0.3) is 0 Å². The van der Waals surface area contributed by atoms with Gasteiger partial charge in [-0.15, -0.1) is 0 Å². The van der Waals surface area contributed by atoms with Crippen LogP contribution in [0, 0.1) is 0 Å². The van der Waals surface area contributed by atoms with Crippen LogP contribution >= 0.6 is 0 Å². The topological polar surface area (TPSA) is 90.0 Å². The van der Waals surface area contributed by atoms with Gasteiger partial charge in [0, 0.05) is 33.1 Å². The second-order valence-corrected chi connectivity index (χ2v) is 5.67. The van der Waals surface area contributed by atoms with E-state index in [4.69, 9.17) is 5.11 Å². The summed E-state index contributed by atoms with van der Waals surface area (Å²) in [7, 11) is 1.50. The smallest absolute Gasteiger partial charge is 0.329 e. The number of nitrogens with zero attached hydrogens (tertiary/aromatic N) is 2. The van der Waals surface area contributed by atoms with Gasteiger partial charge < -0.3 is 20.2 Å². The molecule has 0 aromatic rings. The normalized spacial score (nSPS) is 16.7. The molecule has 1 heterocycles. The van der Waals surface area contributed by atoms with E-state index in [9.17, 15) is 14.4 Å². The van der Waals surface area contributed by atoms with Crippen molar-refractivity contribution in [2.75, 3.05) is 20.1 Å². The van der Waals surface area contributed by atoms with E-state index in [2.05, 4.69) is 5.32 Å². The van der Waals surface area contributed by atoms with Gasteiger partial charge in [0.2, 0.25) is 5.91 Å². The van der Waals surface area contributed by atoms with E-state index in [0.29, 0.717) is 25.9 Å². The van der Waals surface area contributed by atoms with Crippen molar-refractivity contribution in [3.05, 3.63) is 0 Å². The Bertz CT molecular complexity index is 400. The Balaban J connectivity index is 2.59. The van der Waals surface area contributed by atoms with Crippen molar-refractivity contribution in [2.45, 2.75) is 45.2 Å². The van der Waals surface area contributed by atoms with Crippen molar-refractivity contribution in [2.24, 2.45) is 0 Å². The van der Waals surface area contributed by atoms with E-state index in [1.165, 1.54) is 32.7 Å². The van der Waals surface area contributed by atoms with Gasteiger partial charge in [0.1, 0.15) is 5.54 Å². The van der Waals surface area contributed by atoms with Crippen LogP contribution in [0.1, 0.15) is 33.6 Å². The van der Waals surface area contributed by atoms with Crippen LogP contribution in [0.25, 0.3) is 0 Å². The molecule has 0 aromatic heterocycles. The maximum atomic E-state index is 12.3. The maximum absolute atomic E-state index is 12.3. The van der Waals surface area contributed by atoms with Crippen molar-refractivity contribution in [3.63, 3.8) is 0 Å². The maximum Gasteiger partial charge on any atom is 0.329 e. The Morgan fingerprint density at radius 1 is 1.25 bits per heavy atom. The van der Waals surface area contributed by atoms with Crippen LogP contribution in [0.15, 0.2) is 0 Å². The number of likely N-dealkylation sites (N-methyl/N-ethyl adjacent to an activating group) is 1. The Morgan fingerprint density at radius 2 is 1.75 bits per heavy atom. The Hall–Kier alpha value is -1.79. The number of carbonyl (C=O) groups is 3. The summed E-state index contributed by atoms with van der Waals surface area (Å²) in [6.45, 7) is 5.50. The fourth-order valence-corrected chi connectivity index (χ4v) is 2.10. The Morgan fingerprint density at radius 3 is 2.15 bits per heavy atom. The standard InChI is InChI=1S/C13H23N3O4/c1-9(17)14-10-5-7-16(8-6-10)12(20)15(4)13(2,3)11(18)19/h10H,5-8H2,1-4H3,(H,14,17)(H,18,19). The van der Waals surface area contributed by atoms with Crippen LogP contribution < -0.4 is 5.32 Å². The molecule has 7 heteroatoms. The molecule has 1 saturated heterocycles. The van der Waals surface area contributed by atoms with Gasteiger partial charge in [-0.3, -0.25) is 4.79 Å². The molecule has 1 aliphatic rings. The molecule has 0 saturated carbocycles. The predicted octanol–water partition coefficient (Wildman–Crippen LogP) is 0.502. The molecule has 0 bridgehead atoms. The summed E-state index contributed by atoms with van der Waals surface area (Å²) in [6, 6.07) is -0.201. The number of aliphatic carboxylic acids is 1. The summed E-state index contributed by atoms with van der Waals surface area (Å²) in [5, 5.41) is 12.0. The van der Waals surface area contributed by atoms with E-state index in [1.54, 1.807) is 4.90 Å². The van der Waals surface area contributed by atoms with Crippen LogP contribution in [0.5, 0.6) is 0 Å². The minimum Gasteiger partial charge on any atom is -0.480 e. The number of amides is 3. The molecule has 7 nitrogen and oxygen atoms in total. The van der Waals surface area contributed by atoms with Gasteiger partial charge >= 0.3 is 12.0 Å². The highest BCUT2D eigenvalue weighted by Gasteiger charge is 2.37. The molecule has 1 rings (SSSR count). The first-order valence-corrected chi connectivity index (χ1v) is 6.69. The second kappa shape index (κ2) is 6.11. The summed E-state index contributed by atoms with van der Waals surface area (Å²) in [5.41, 5.74) is -1.24. The second-order valence-electron chi connectivity index (χ2n) is 5.67. The number of carbonyl (C=O) groups excluding carboxylic acids is 2. The molecule has 0 unspecified atom stereocenters. The summed E-state index contributed by atoms with van der Waals surface area (Å²) in [6.07, 6.45) is 1.37. The molecule has 0 spiro atoms. The molecule has 0 atom stereocenters. The monoisotopic (exact) mass is 285 g/mol. The molecule has 3 amide bonds. The van der Waals surface area contributed by atoms with Crippen molar-refractivity contribution in [1.29, 1.82) is 0 Å². The van der Waals surface area contributed by atoms with E-state index >= 15 is 0 Å². The van der Waals surface area contributed by atoms with Crippen LogP contribution in [-0.4, -0.2) is 64.5 Å². The van der Waals surface area contributed by atoms with Crippen LogP contribution in [-0.2, 0) is 9.59 Å². The molecule has 0 aromatic carbocycles. The molecule has 20 heavy (non-hydrogen) atoms. The molecular formula is C13H23N3O4. The average molecular weight is 285 g/mol. The third kappa shape index (κ3) is 3.61. The lowest BCUT2D eigenvalue weighted by molar-refractivity contribution is -0.147. The summed E-state index contributed by atoms with van der Waals surface area (Å²) < 4.78 is 0. The fourth-order valence-electron chi connectivity index (χ4n) is 2.10. The first-order valence-electron chi connectivity index (χ1n) is 6.69. The first kappa shape index (κ1) is 16.3. The van der Waals surface area contributed by atoms with E-state index in [1.807, 2.05) is 0 Å². The third-order valence-corrected chi connectivity index (χ3v) is 3.82. The number of likely N-dealkylation sites (tertiary alicyclic amines) is 1. The van der Waals surface area contributed by atoms with Gasteiger partial charge in [-0.05, 0) is 26.7 Å². The SMILES string of the molecule is CC(=O)NC1CCN(C(=O)N(C)C(C)(C)C(=O)O)CC1. The molecule has 0 aliphatic carbocycles. The van der Waals surface area contributed by atoms with E-state index < -0.39 is 11.5 Å². The number of carboxylic acid groups (broad SMARTS) is 1. The number of carboxylic acids is 1. The minimum atomic E-state index is -1.24. The number of rotatable bonds is 3. The predicted molar refractivity (Wildman–Crippen MR) is 73.3 cm³/mol. The largest absolute Gasteiger partial charge is 0.480 e. The zero-order chi connectivity index (χ0) is 15.5. The highest BCUT2D eigenvalue weighted by atomic mass is 16.4. The Kier molecular flexibility index (Phi) is 4.97. The molecule has 1 aliphatic heterocycles. The van der Waals surface area contributed by atoms with Crippen molar-refractivity contribution < 1.29 is 19.5 Å². The van der Waals surface area contributed by atoms with Crippen molar-refractivity contribution in [1.82, 2.24) is 15.1 Å². The highest BCUT2D eigenvalue weighted by Crippen LogP contribution is 2.18. The number of urea groups is 1. The van der Waals surface area contributed by atoms with Crippen LogP contribution in [0.4, 0.5) is 4.79 Å². The van der Waals surface area contributed by atoms with Crippen LogP contribution in [0.2, 0.25) is 0 Å². The number of hydrogen-bond donors (Lipinski definition) is 2. The van der Waals surface area contributed by atoms with Gasteiger partial charge in [-0.2, -0.15) is 0 Å². The molecule has 1 fully saturated rings. The molecule has 0 radical (unpaired) electrons. The molecule has 114 valence electrons. The highest BCUT2D eigenvalue weighted by molar-refractivity contribution is 5.85. The minimum absolute atomic E-state index is 0.0705. The zero-order valence-electron chi connectivity index (χ0n) is 12.5. The van der Waals surface area contributed by atoms with Crippen molar-refractivity contribution in [3.8, 4) is 0 Å². The van der Waals surface area contributed by atoms with Crippen LogP contribution in [0.3, 0.4) is 0 Å². The fraction of sp³-hybridized carbons (Fsp3) is 0.769. The first-order chi connectivity index (χ1) is 9.16. The summed E-state index contributed by atoms with van der Waals surface area (Å²) in [4.78, 5) is 37.3. The number of nitrogens with one attached hydrogen (secondary N) is 1. The summed E-state index contributed by atoms with van der Waals surface area (Å²) in [5.74, 6) is -1.11. The third-order valence-electron chi connectivity index (χ3n) is 3.82. The lowest BCUT2D eigenvalue weighted by Gasteiger charge is -2.39. The molecular weight excluding hydrogens is 262 g/mol. The average Bonchev–Trinajstić information content (AvgIpc) is 2.37. The number of hydrogen-bond acceptors (Lipinski definition) is 3.